The summed E-state index contributed by atoms with van der Waals surface area (Å²) in [5, 5.41) is 18.2. The Kier molecular flexibility index (Phi) is 1.69. The van der Waals surface area contributed by atoms with Crippen LogP contribution in [0.4, 0.5) is 0 Å². The molecular formula is C7H12O4. The molecule has 0 amide bonds. The quantitative estimate of drug-likeness (QED) is 0.566. The molecule has 64 valence electrons. The molecule has 4 heteroatoms. The van der Waals surface area contributed by atoms with Gasteiger partial charge in [0.1, 0.15) is 5.60 Å². The lowest BCUT2D eigenvalue weighted by Gasteiger charge is -2.30. The Hall–Kier alpha value is -0.610. The Morgan fingerprint density at radius 2 is 2.09 bits per heavy atom. The normalized spacial score (nSPS) is 35.5. The molecule has 11 heavy (non-hydrogen) atoms. The fraction of sp³-hybridized carbons (Fsp3) is 0.857. The molecule has 0 aromatic rings. The minimum atomic E-state index is -1.72. The highest BCUT2D eigenvalue weighted by Gasteiger charge is 2.55. The molecule has 0 aliphatic carbocycles. The second-order valence-corrected chi connectivity index (χ2v) is 3.27. The highest BCUT2D eigenvalue weighted by atomic mass is 16.5. The third kappa shape index (κ3) is 1.02. The van der Waals surface area contributed by atoms with Crippen LogP contribution >= 0.6 is 0 Å². The largest absolute Gasteiger partial charge is 0.479 e. The molecule has 0 aromatic heterocycles. The molecule has 0 spiro atoms. The van der Waals surface area contributed by atoms with E-state index < -0.39 is 17.2 Å². The molecule has 0 aromatic carbocycles. The van der Waals surface area contributed by atoms with Crippen molar-refractivity contribution in [1.82, 2.24) is 0 Å². The lowest BCUT2D eigenvalue weighted by Crippen LogP contribution is -2.52. The Balaban J connectivity index is 2.93. The van der Waals surface area contributed by atoms with Crippen LogP contribution in [0.15, 0.2) is 0 Å². The van der Waals surface area contributed by atoms with Crippen molar-refractivity contribution in [1.29, 1.82) is 0 Å². The summed E-state index contributed by atoms with van der Waals surface area (Å²) in [6.07, 6.45) is 0.162. The Bertz CT molecular complexity index is 187. The third-order valence-electron chi connectivity index (χ3n) is 2.28. The highest BCUT2D eigenvalue weighted by Crippen LogP contribution is 2.35. The van der Waals surface area contributed by atoms with Gasteiger partial charge in [0.2, 0.25) is 0 Å². The van der Waals surface area contributed by atoms with Gasteiger partial charge in [-0.3, -0.25) is 0 Å². The number of hydrogen-bond acceptors (Lipinski definition) is 3. The summed E-state index contributed by atoms with van der Waals surface area (Å²) in [6, 6.07) is 0. The van der Waals surface area contributed by atoms with Gasteiger partial charge in [0, 0.05) is 6.42 Å². The smallest absolute Gasteiger partial charge is 0.338 e. The first kappa shape index (κ1) is 8.49. The molecule has 1 aliphatic heterocycles. The molecular weight excluding hydrogens is 148 g/mol. The van der Waals surface area contributed by atoms with Gasteiger partial charge in [0.25, 0.3) is 0 Å². The van der Waals surface area contributed by atoms with Gasteiger partial charge in [-0.25, -0.2) is 4.79 Å². The fourth-order valence-electron chi connectivity index (χ4n) is 1.24. The van der Waals surface area contributed by atoms with E-state index in [9.17, 15) is 9.90 Å². The fourth-order valence-corrected chi connectivity index (χ4v) is 1.24. The van der Waals surface area contributed by atoms with Gasteiger partial charge >= 0.3 is 5.97 Å². The van der Waals surface area contributed by atoms with Crippen LogP contribution in [0.5, 0.6) is 0 Å². The van der Waals surface area contributed by atoms with Crippen molar-refractivity contribution >= 4 is 5.97 Å². The van der Waals surface area contributed by atoms with Gasteiger partial charge < -0.3 is 14.9 Å². The second-order valence-electron chi connectivity index (χ2n) is 3.27. The zero-order valence-corrected chi connectivity index (χ0v) is 6.63. The molecule has 0 radical (unpaired) electrons. The van der Waals surface area contributed by atoms with Gasteiger partial charge in [-0.2, -0.15) is 0 Å². The minimum absolute atomic E-state index is 0.162. The van der Waals surface area contributed by atoms with Crippen molar-refractivity contribution in [3.05, 3.63) is 0 Å². The van der Waals surface area contributed by atoms with Gasteiger partial charge in [0.15, 0.2) is 5.60 Å². The standard InChI is InChI=1S/C7H12O4/c1-6(2)7(10,5(8)9)3-4-11-6/h10H,3-4H2,1-2H3,(H,8,9). The molecule has 1 fully saturated rings. The molecule has 1 saturated heterocycles. The van der Waals surface area contributed by atoms with Crippen molar-refractivity contribution in [2.45, 2.75) is 31.5 Å². The number of ether oxygens (including phenoxy) is 1. The molecule has 1 atom stereocenters. The van der Waals surface area contributed by atoms with E-state index in [1.54, 1.807) is 13.8 Å². The first-order valence-electron chi connectivity index (χ1n) is 3.50. The minimum Gasteiger partial charge on any atom is -0.479 e. The molecule has 1 aliphatic rings. The summed E-state index contributed by atoms with van der Waals surface area (Å²) < 4.78 is 5.09. The van der Waals surface area contributed by atoms with Crippen LogP contribution in [0.3, 0.4) is 0 Å². The number of rotatable bonds is 1. The van der Waals surface area contributed by atoms with E-state index in [0.29, 0.717) is 6.61 Å². The third-order valence-corrected chi connectivity index (χ3v) is 2.28. The molecule has 0 saturated carbocycles. The Labute approximate surface area is 64.8 Å². The average Bonchev–Trinajstić information content (AvgIpc) is 2.09. The average molecular weight is 160 g/mol. The maximum Gasteiger partial charge on any atom is 0.338 e. The van der Waals surface area contributed by atoms with Crippen LogP contribution in [0.2, 0.25) is 0 Å². The maximum atomic E-state index is 10.6. The zero-order chi connectivity index (χ0) is 8.70. The topological polar surface area (TPSA) is 66.8 Å². The summed E-state index contributed by atoms with van der Waals surface area (Å²) in [7, 11) is 0. The molecule has 1 rings (SSSR count). The summed E-state index contributed by atoms with van der Waals surface area (Å²) >= 11 is 0. The first-order valence-corrected chi connectivity index (χ1v) is 3.50. The maximum absolute atomic E-state index is 10.6. The summed E-state index contributed by atoms with van der Waals surface area (Å²) in [4.78, 5) is 10.6. The summed E-state index contributed by atoms with van der Waals surface area (Å²) in [5.41, 5.74) is -2.69. The van der Waals surface area contributed by atoms with Crippen molar-refractivity contribution in [3.63, 3.8) is 0 Å². The van der Waals surface area contributed by atoms with E-state index in [1.165, 1.54) is 0 Å². The van der Waals surface area contributed by atoms with E-state index in [-0.39, 0.29) is 6.42 Å². The summed E-state index contributed by atoms with van der Waals surface area (Å²) in [6.45, 7) is 3.46. The predicted octanol–water partition coefficient (Wildman–Crippen LogP) is 0.001000. The van der Waals surface area contributed by atoms with Crippen LogP contribution in [-0.4, -0.2) is 34.0 Å². The molecule has 1 heterocycles. The Morgan fingerprint density at radius 1 is 1.55 bits per heavy atom. The number of carboxylic acid groups (broad SMARTS) is 1. The van der Waals surface area contributed by atoms with Gasteiger partial charge in [-0.05, 0) is 13.8 Å². The van der Waals surface area contributed by atoms with Crippen LogP contribution < -0.4 is 0 Å². The number of aliphatic carboxylic acids is 1. The molecule has 2 N–H and O–H groups in total. The second kappa shape index (κ2) is 2.19. The van der Waals surface area contributed by atoms with Gasteiger partial charge in [0.05, 0.1) is 6.61 Å². The first-order chi connectivity index (χ1) is 4.90. The van der Waals surface area contributed by atoms with E-state index in [1.807, 2.05) is 0 Å². The number of carbonyl (C=O) groups is 1. The number of aliphatic hydroxyl groups is 1. The highest BCUT2D eigenvalue weighted by molar-refractivity contribution is 5.79. The van der Waals surface area contributed by atoms with Crippen LogP contribution in [0.1, 0.15) is 20.3 Å². The van der Waals surface area contributed by atoms with E-state index >= 15 is 0 Å². The van der Waals surface area contributed by atoms with E-state index in [2.05, 4.69) is 0 Å². The van der Waals surface area contributed by atoms with Crippen molar-refractivity contribution in [2.24, 2.45) is 0 Å². The molecule has 4 nitrogen and oxygen atoms in total. The molecule has 0 bridgehead atoms. The molecule has 1 unspecified atom stereocenters. The van der Waals surface area contributed by atoms with Crippen LogP contribution in [0, 0.1) is 0 Å². The summed E-state index contributed by atoms with van der Waals surface area (Å²) in [5.74, 6) is -1.21. The lowest BCUT2D eigenvalue weighted by molar-refractivity contribution is -0.174. The number of carboxylic acids is 1. The van der Waals surface area contributed by atoms with Gasteiger partial charge in [-0.1, -0.05) is 0 Å². The van der Waals surface area contributed by atoms with Crippen LogP contribution in [-0.2, 0) is 9.53 Å². The predicted molar refractivity (Wildman–Crippen MR) is 37.2 cm³/mol. The number of hydrogen-bond donors (Lipinski definition) is 2. The SMILES string of the molecule is CC1(C)OCCC1(O)C(=O)O. The van der Waals surface area contributed by atoms with E-state index in [0.717, 1.165) is 0 Å². The van der Waals surface area contributed by atoms with Gasteiger partial charge in [-0.15, -0.1) is 0 Å². The van der Waals surface area contributed by atoms with Crippen LogP contribution in [0.25, 0.3) is 0 Å². The monoisotopic (exact) mass is 160 g/mol. The van der Waals surface area contributed by atoms with Crippen molar-refractivity contribution in [3.8, 4) is 0 Å². The van der Waals surface area contributed by atoms with Crippen molar-refractivity contribution < 1.29 is 19.7 Å². The lowest BCUT2D eigenvalue weighted by atomic mass is 9.86. The van der Waals surface area contributed by atoms with E-state index in [4.69, 9.17) is 9.84 Å². The zero-order valence-electron chi connectivity index (χ0n) is 6.63. The van der Waals surface area contributed by atoms with Crippen molar-refractivity contribution in [2.75, 3.05) is 6.61 Å². The Morgan fingerprint density at radius 3 is 2.27 bits per heavy atom.